The first-order chi connectivity index (χ1) is 9.31. The van der Waals surface area contributed by atoms with Crippen LogP contribution in [0.5, 0.6) is 0 Å². The molecule has 0 bridgehead atoms. The second-order valence-corrected chi connectivity index (χ2v) is 6.30. The van der Waals surface area contributed by atoms with Gasteiger partial charge in [0, 0.05) is 12.6 Å². The molecule has 0 aliphatic heterocycles. The summed E-state index contributed by atoms with van der Waals surface area (Å²) in [6, 6.07) is 2.61. The smallest absolute Gasteiger partial charge is 0.139 e. The number of carbonyl (C=O) groups excluding carboxylic acids is 1. The van der Waals surface area contributed by atoms with E-state index in [4.69, 9.17) is 0 Å². The van der Waals surface area contributed by atoms with Crippen molar-refractivity contribution >= 4 is 5.78 Å². The molecule has 2 aliphatic carbocycles. The molecule has 1 aromatic rings. The zero-order valence-corrected chi connectivity index (χ0v) is 11.7. The molecule has 19 heavy (non-hydrogen) atoms. The molecule has 0 spiro atoms. The third kappa shape index (κ3) is 3.26. The highest BCUT2D eigenvalue weighted by Crippen LogP contribution is 2.29. The zero-order chi connectivity index (χ0) is 13.1. The van der Waals surface area contributed by atoms with Crippen molar-refractivity contribution in [3.8, 4) is 0 Å². The lowest BCUT2D eigenvalue weighted by Crippen LogP contribution is -2.10. The Balaban J connectivity index is 1.52. The number of hydrogen-bond acceptors (Lipinski definition) is 2. The number of Topliss-reactive ketones (excluding diaryl/α,β-unsaturated/α-hetero) is 1. The molecular weight excluding hydrogens is 236 g/mol. The lowest BCUT2D eigenvalue weighted by atomic mass is 9.99. The molecule has 3 nitrogen and oxygen atoms in total. The molecule has 0 N–H and O–H groups in total. The molecule has 0 radical (unpaired) electrons. The van der Waals surface area contributed by atoms with E-state index < -0.39 is 0 Å². The number of aromatic nitrogens is 2. The van der Waals surface area contributed by atoms with Gasteiger partial charge in [0.15, 0.2) is 0 Å². The minimum atomic E-state index is 0.378. The third-order valence-corrected chi connectivity index (χ3v) is 4.73. The van der Waals surface area contributed by atoms with Crippen molar-refractivity contribution in [2.75, 3.05) is 0 Å². The van der Waals surface area contributed by atoms with Gasteiger partial charge in [-0.15, -0.1) is 0 Å². The van der Waals surface area contributed by atoms with Gasteiger partial charge in [0.2, 0.25) is 0 Å². The first-order valence-electron chi connectivity index (χ1n) is 7.87. The van der Waals surface area contributed by atoms with Crippen molar-refractivity contribution in [2.45, 2.75) is 70.3 Å². The zero-order valence-electron chi connectivity index (χ0n) is 11.7. The predicted molar refractivity (Wildman–Crippen MR) is 75.0 cm³/mol. The van der Waals surface area contributed by atoms with E-state index in [0.29, 0.717) is 24.2 Å². The van der Waals surface area contributed by atoms with E-state index in [9.17, 15) is 4.79 Å². The average molecular weight is 260 g/mol. The van der Waals surface area contributed by atoms with Crippen LogP contribution in [-0.2, 0) is 11.2 Å². The molecule has 2 fully saturated rings. The summed E-state index contributed by atoms with van der Waals surface area (Å²) in [5, 5.41) is 4.60. The van der Waals surface area contributed by atoms with E-state index in [2.05, 4.69) is 16.0 Å². The van der Waals surface area contributed by atoms with Crippen LogP contribution >= 0.6 is 0 Å². The molecule has 0 saturated heterocycles. The summed E-state index contributed by atoms with van der Waals surface area (Å²) < 4.78 is 2.09. The number of nitrogens with zero attached hydrogens (tertiary/aromatic N) is 2. The minimum absolute atomic E-state index is 0.378. The van der Waals surface area contributed by atoms with Crippen molar-refractivity contribution in [1.29, 1.82) is 0 Å². The van der Waals surface area contributed by atoms with Crippen molar-refractivity contribution < 1.29 is 4.79 Å². The largest absolute Gasteiger partial charge is 0.299 e. The van der Waals surface area contributed by atoms with Crippen LogP contribution in [0, 0.1) is 5.92 Å². The van der Waals surface area contributed by atoms with Gasteiger partial charge in [-0.3, -0.25) is 9.48 Å². The molecule has 0 amide bonds. The Morgan fingerprint density at radius 1 is 1.16 bits per heavy atom. The lowest BCUT2D eigenvalue weighted by Gasteiger charge is -2.09. The number of hydrogen-bond donors (Lipinski definition) is 0. The van der Waals surface area contributed by atoms with Crippen LogP contribution in [0.1, 0.15) is 69.5 Å². The van der Waals surface area contributed by atoms with Gasteiger partial charge in [-0.05, 0) is 24.8 Å². The van der Waals surface area contributed by atoms with Crippen molar-refractivity contribution in [3.05, 3.63) is 18.0 Å². The minimum Gasteiger partial charge on any atom is -0.299 e. The average Bonchev–Trinajstić information content (AvgIpc) is 3.09. The van der Waals surface area contributed by atoms with E-state index in [0.717, 1.165) is 12.1 Å². The van der Waals surface area contributed by atoms with Crippen LogP contribution in [0.4, 0.5) is 0 Å². The third-order valence-electron chi connectivity index (χ3n) is 4.73. The van der Waals surface area contributed by atoms with Gasteiger partial charge in [-0.25, -0.2) is 0 Å². The molecule has 1 heterocycles. The van der Waals surface area contributed by atoms with Crippen LogP contribution in [0.3, 0.4) is 0 Å². The summed E-state index contributed by atoms with van der Waals surface area (Å²) in [6.45, 7) is 0. The molecule has 2 aliphatic rings. The SMILES string of the molecule is O=C(Cc1ccn(C2CCCC2)n1)CC1CCCC1. The molecule has 2 saturated carbocycles. The lowest BCUT2D eigenvalue weighted by molar-refractivity contribution is -0.119. The maximum absolute atomic E-state index is 12.0. The second-order valence-electron chi connectivity index (χ2n) is 6.30. The van der Waals surface area contributed by atoms with E-state index in [1.165, 1.54) is 51.4 Å². The van der Waals surface area contributed by atoms with E-state index in [-0.39, 0.29) is 0 Å². The summed E-state index contributed by atoms with van der Waals surface area (Å²) >= 11 is 0. The predicted octanol–water partition coefficient (Wildman–Crippen LogP) is 3.69. The van der Waals surface area contributed by atoms with E-state index in [1.54, 1.807) is 0 Å². The molecule has 3 rings (SSSR count). The summed E-state index contributed by atoms with van der Waals surface area (Å²) in [7, 11) is 0. The fourth-order valence-electron chi connectivity index (χ4n) is 3.65. The fourth-order valence-corrected chi connectivity index (χ4v) is 3.65. The van der Waals surface area contributed by atoms with Gasteiger partial charge in [0.1, 0.15) is 5.78 Å². The Bertz CT molecular complexity index is 426. The van der Waals surface area contributed by atoms with Crippen LogP contribution in [-0.4, -0.2) is 15.6 Å². The van der Waals surface area contributed by atoms with E-state index >= 15 is 0 Å². The Morgan fingerprint density at radius 2 is 1.84 bits per heavy atom. The van der Waals surface area contributed by atoms with Crippen LogP contribution in [0.15, 0.2) is 12.3 Å². The normalized spacial score (nSPS) is 21.3. The van der Waals surface area contributed by atoms with Crippen molar-refractivity contribution in [3.63, 3.8) is 0 Å². The Labute approximate surface area is 115 Å². The highest BCUT2D eigenvalue weighted by atomic mass is 16.1. The standard InChI is InChI=1S/C16H24N2O/c19-16(11-13-5-1-2-6-13)12-14-9-10-18(17-14)15-7-3-4-8-15/h9-10,13,15H,1-8,11-12H2. The number of carbonyl (C=O) groups is 1. The summed E-state index contributed by atoms with van der Waals surface area (Å²) in [5.41, 5.74) is 0.967. The van der Waals surface area contributed by atoms with Crippen molar-refractivity contribution in [1.82, 2.24) is 9.78 Å². The van der Waals surface area contributed by atoms with Crippen LogP contribution in [0.25, 0.3) is 0 Å². The molecule has 3 heteroatoms. The molecule has 1 aromatic heterocycles. The van der Waals surface area contributed by atoms with Gasteiger partial charge in [0.25, 0.3) is 0 Å². The second kappa shape index (κ2) is 5.89. The first kappa shape index (κ1) is 12.9. The van der Waals surface area contributed by atoms with Gasteiger partial charge in [-0.1, -0.05) is 38.5 Å². The monoisotopic (exact) mass is 260 g/mol. The summed E-state index contributed by atoms with van der Waals surface area (Å²) in [4.78, 5) is 12.0. The van der Waals surface area contributed by atoms with Crippen molar-refractivity contribution in [2.24, 2.45) is 5.92 Å². The van der Waals surface area contributed by atoms with E-state index in [1.807, 2.05) is 6.07 Å². The first-order valence-corrected chi connectivity index (χ1v) is 7.87. The Morgan fingerprint density at radius 3 is 2.58 bits per heavy atom. The molecule has 0 aromatic carbocycles. The summed E-state index contributed by atoms with van der Waals surface area (Å²) in [5.74, 6) is 1.04. The van der Waals surface area contributed by atoms with Crippen LogP contribution < -0.4 is 0 Å². The molecule has 0 unspecified atom stereocenters. The molecule has 0 atom stereocenters. The highest BCUT2D eigenvalue weighted by Gasteiger charge is 2.20. The quantitative estimate of drug-likeness (QED) is 0.809. The fraction of sp³-hybridized carbons (Fsp3) is 0.750. The number of ketones is 1. The van der Waals surface area contributed by atoms with Gasteiger partial charge >= 0.3 is 0 Å². The number of rotatable bonds is 5. The molecule has 104 valence electrons. The Kier molecular flexibility index (Phi) is 4.00. The summed E-state index contributed by atoms with van der Waals surface area (Å²) in [6.07, 6.45) is 13.6. The maximum Gasteiger partial charge on any atom is 0.139 e. The van der Waals surface area contributed by atoms with Gasteiger partial charge in [-0.2, -0.15) is 5.10 Å². The van der Waals surface area contributed by atoms with Crippen LogP contribution in [0.2, 0.25) is 0 Å². The van der Waals surface area contributed by atoms with Gasteiger partial charge < -0.3 is 0 Å². The topological polar surface area (TPSA) is 34.9 Å². The molecular formula is C16H24N2O. The highest BCUT2D eigenvalue weighted by molar-refractivity contribution is 5.80. The Hall–Kier alpha value is -1.12. The maximum atomic E-state index is 12.0. The van der Waals surface area contributed by atoms with Gasteiger partial charge in [0.05, 0.1) is 18.2 Å².